The maximum absolute atomic E-state index is 13.3. The predicted octanol–water partition coefficient (Wildman–Crippen LogP) is 8.85. The third kappa shape index (κ3) is 10.0. The first-order valence-corrected chi connectivity index (χ1v) is 14.5. The molecule has 240 valence electrons. The summed E-state index contributed by atoms with van der Waals surface area (Å²) in [4.78, 5) is 4.16. The summed E-state index contributed by atoms with van der Waals surface area (Å²) < 4.78 is 91.2. The van der Waals surface area contributed by atoms with Crippen molar-refractivity contribution in [3.05, 3.63) is 59.6 Å². The van der Waals surface area contributed by atoms with E-state index in [1.54, 1.807) is 18.2 Å². The lowest BCUT2D eigenvalue weighted by Gasteiger charge is -2.16. The molecule has 0 aliphatic carbocycles. The molecular formula is C31H37F6N5O2. The number of hydrogen-bond acceptors (Lipinski definition) is 6. The van der Waals surface area contributed by atoms with Crippen molar-refractivity contribution < 1.29 is 35.8 Å². The van der Waals surface area contributed by atoms with Gasteiger partial charge in [-0.05, 0) is 54.8 Å². The highest BCUT2D eigenvalue weighted by Crippen LogP contribution is 2.37. The average Bonchev–Trinajstić information content (AvgIpc) is 3.48. The molecule has 0 radical (unpaired) electrons. The average molecular weight is 626 g/mol. The van der Waals surface area contributed by atoms with E-state index in [1.807, 2.05) is 5.10 Å². The minimum Gasteiger partial charge on any atom is -0.493 e. The van der Waals surface area contributed by atoms with Gasteiger partial charge in [0.15, 0.2) is 0 Å². The van der Waals surface area contributed by atoms with E-state index in [2.05, 4.69) is 23.9 Å². The number of pyridine rings is 1. The number of hydrogen-bond donors (Lipinski definition) is 3. The fraction of sp³-hybridized carbons (Fsp3) is 0.452. The first-order chi connectivity index (χ1) is 20.8. The van der Waals surface area contributed by atoms with E-state index in [1.165, 1.54) is 12.1 Å². The van der Waals surface area contributed by atoms with Gasteiger partial charge in [-0.2, -0.15) is 31.4 Å². The van der Waals surface area contributed by atoms with E-state index in [9.17, 15) is 26.3 Å². The van der Waals surface area contributed by atoms with E-state index in [-0.39, 0.29) is 17.1 Å². The molecule has 3 rings (SSSR count). The van der Waals surface area contributed by atoms with Gasteiger partial charge in [0.2, 0.25) is 0 Å². The fourth-order valence-corrected chi connectivity index (χ4v) is 4.24. The van der Waals surface area contributed by atoms with E-state index in [4.69, 9.17) is 20.6 Å². The number of H-pyrrole nitrogens is 1. The number of aromatic amines is 1. The zero-order chi connectivity index (χ0) is 32.3. The molecule has 7 nitrogen and oxygen atoms in total. The summed E-state index contributed by atoms with van der Waals surface area (Å²) in [6, 6.07) is 8.64. The molecule has 3 aromatic rings. The SMILES string of the molecule is CCCCCCOc1ccc(-c2cc(C(=N)/C=C(\N)C(F)(F)F)nc(-c3cc(C(F)(F)F)[nH]n3)c2)c(OCCCCCC)c1. The largest absolute Gasteiger partial charge is 0.493 e. The van der Waals surface area contributed by atoms with Crippen molar-refractivity contribution in [1.82, 2.24) is 15.2 Å². The Labute approximate surface area is 252 Å². The summed E-state index contributed by atoms with van der Waals surface area (Å²) in [5.41, 5.74) is 2.03. The molecule has 0 fully saturated rings. The number of halogens is 6. The summed E-state index contributed by atoms with van der Waals surface area (Å²) in [7, 11) is 0. The Balaban J connectivity index is 2.08. The third-order valence-electron chi connectivity index (χ3n) is 6.66. The highest BCUT2D eigenvalue weighted by molar-refractivity contribution is 6.06. The second-order valence-electron chi connectivity index (χ2n) is 10.3. The highest BCUT2D eigenvalue weighted by atomic mass is 19.4. The van der Waals surface area contributed by atoms with E-state index < -0.39 is 29.5 Å². The number of aromatic nitrogens is 3. The van der Waals surface area contributed by atoms with Crippen molar-refractivity contribution in [2.45, 2.75) is 77.6 Å². The first kappa shape index (κ1) is 34.5. The number of alkyl halides is 6. The second kappa shape index (κ2) is 15.6. The van der Waals surface area contributed by atoms with Crippen molar-refractivity contribution in [3.63, 3.8) is 0 Å². The van der Waals surface area contributed by atoms with Gasteiger partial charge in [0.25, 0.3) is 0 Å². The van der Waals surface area contributed by atoms with E-state index >= 15 is 0 Å². The molecule has 0 aliphatic rings. The minimum absolute atomic E-state index is 0.0990. The molecule has 0 saturated heterocycles. The van der Waals surface area contributed by atoms with Crippen LogP contribution in [0.2, 0.25) is 0 Å². The molecule has 0 spiro atoms. The van der Waals surface area contributed by atoms with Gasteiger partial charge in [0, 0.05) is 11.6 Å². The van der Waals surface area contributed by atoms with Crippen LogP contribution in [0.4, 0.5) is 26.3 Å². The molecule has 0 saturated carbocycles. The molecule has 4 N–H and O–H groups in total. The van der Waals surface area contributed by atoms with Crippen molar-refractivity contribution >= 4 is 5.71 Å². The van der Waals surface area contributed by atoms with Gasteiger partial charge in [0.1, 0.15) is 28.6 Å². The molecule has 0 bridgehead atoms. The summed E-state index contributed by atoms with van der Waals surface area (Å²) in [6.07, 6.45) is -1.30. The Morgan fingerprint density at radius 3 is 2.11 bits per heavy atom. The van der Waals surface area contributed by atoms with Crippen LogP contribution in [0.3, 0.4) is 0 Å². The summed E-state index contributed by atoms with van der Waals surface area (Å²) in [5, 5.41) is 13.9. The van der Waals surface area contributed by atoms with Gasteiger partial charge >= 0.3 is 12.4 Å². The Bertz CT molecular complexity index is 1420. The van der Waals surface area contributed by atoms with Crippen LogP contribution in [-0.2, 0) is 6.18 Å². The fourth-order valence-electron chi connectivity index (χ4n) is 4.24. The molecule has 13 heteroatoms. The quantitative estimate of drug-likeness (QED) is 0.0837. The lowest BCUT2D eigenvalue weighted by Crippen LogP contribution is -2.21. The number of ether oxygens (including phenoxy) is 2. The molecule has 1 aromatic carbocycles. The standard InChI is InChI=1S/C31H37F6N5O2/c1-3-5-7-9-13-43-21-11-12-22(27(17-21)44-14-10-8-6-4-2)20-15-24(23(38)18-28(39)30(32,33)34)40-25(16-20)26-19-29(42-41-26)31(35,36)37/h11-12,15-19,38H,3-10,13-14,39H2,1-2H3,(H,41,42)/b28-18-,38-23?. The predicted molar refractivity (Wildman–Crippen MR) is 157 cm³/mol. The van der Waals surface area contributed by atoms with Crippen LogP contribution >= 0.6 is 0 Å². The number of rotatable bonds is 16. The van der Waals surface area contributed by atoms with Crippen molar-refractivity contribution in [3.8, 4) is 34.0 Å². The van der Waals surface area contributed by atoms with Crippen LogP contribution in [0, 0.1) is 5.41 Å². The Morgan fingerprint density at radius 1 is 0.864 bits per heavy atom. The van der Waals surface area contributed by atoms with Crippen LogP contribution in [0.15, 0.2) is 48.2 Å². The molecule has 2 heterocycles. The van der Waals surface area contributed by atoms with E-state index in [0.717, 1.165) is 57.4 Å². The van der Waals surface area contributed by atoms with Crippen molar-refractivity contribution in [1.29, 1.82) is 5.41 Å². The minimum atomic E-state index is -4.89. The topological polar surface area (TPSA) is 110 Å². The Hall–Kier alpha value is -4.03. The molecule has 0 unspecified atom stereocenters. The maximum atomic E-state index is 13.3. The van der Waals surface area contributed by atoms with Crippen LogP contribution in [0.5, 0.6) is 11.5 Å². The lowest BCUT2D eigenvalue weighted by molar-refractivity contribution is -0.141. The number of unbranched alkanes of at least 4 members (excludes halogenated alkanes) is 6. The summed E-state index contributed by atoms with van der Waals surface area (Å²) in [5.74, 6) is 0.963. The van der Waals surface area contributed by atoms with Gasteiger partial charge in [0.05, 0.1) is 30.3 Å². The Morgan fingerprint density at radius 2 is 1.52 bits per heavy atom. The molecule has 0 aliphatic heterocycles. The van der Waals surface area contributed by atoms with Gasteiger partial charge in [-0.25, -0.2) is 4.98 Å². The van der Waals surface area contributed by atoms with Gasteiger partial charge in [-0.15, -0.1) is 0 Å². The number of nitrogens with two attached hydrogens (primary N) is 1. The van der Waals surface area contributed by atoms with Crippen LogP contribution in [-0.4, -0.2) is 40.3 Å². The molecule has 0 atom stereocenters. The first-order valence-electron chi connectivity index (χ1n) is 14.5. The van der Waals surface area contributed by atoms with Crippen molar-refractivity contribution in [2.75, 3.05) is 13.2 Å². The summed E-state index contributed by atoms with van der Waals surface area (Å²) >= 11 is 0. The number of allylic oxidation sites excluding steroid dienone is 2. The van der Waals surface area contributed by atoms with Gasteiger partial charge < -0.3 is 15.2 Å². The number of nitrogens with zero attached hydrogens (tertiary/aromatic N) is 2. The second-order valence-corrected chi connectivity index (χ2v) is 10.3. The maximum Gasteiger partial charge on any atom is 0.432 e. The van der Waals surface area contributed by atoms with Gasteiger partial charge in [-0.1, -0.05) is 52.4 Å². The smallest absolute Gasteiger partial charge is 0.432 e. The normalized spacial score (nSPS) is 12.4. The molecular weight excluding hydrogens is 588 g/mol. The lowest BCUT2D eigenvalue weighted by atomic mass is 10.0. The molecule has 44 heavy (non-hydrogen) atoms. The van der Waals surface area contributed by atoms with Crippen LogP contribution in [0.25, 0.3) is 22.5 Å². The monoisotopic (exact) mass is 625 g/mol. The summed E-state index contributed by atoms with van der Waals surface area (Å²) in [6.45, 7) is 5.09. The van der Waals surface area contributed by atoms with E-state index in [0.29, 0.717) is 41.9 Å². The zero-order valence-electron chi connectivity index (χ0n) is 24.7. The number of nitrogens with one attached hydrogen (secondary N) is 2. The van der Waals surface area contributed by atoms with Crippen LogP contribution in [0.1, 0.15) is 76.6 Å². The number of benzene rings is 1. The third-order valence-corrected chi connectivity index (χ3v) is 6.66. The van der Waals surface area contributed by atoms with Gasteiger partial charge in [-0.3, -0.25) is 10.5 Å². The Kier molecular flexibility index (Phi) is 12.2. The molecule has 2 aromatic heterocycles. The highest BCUT2D eigenvalue weighted by Gasteiger charge is 2.34. The zero-order valence-corrected chi connectivity index (χ0v) is 24.7. The molecule has 0 amide bonds. The van der Waals surface area contributed by atoms with Crippen LogP contribution < -0.4 is 15.2 Å². The van der Waals surface area contributed by atoms with Crippen molar-refractivity contribution in [2.24, 2.45) is 5.73 Å².